The van der Waals surface area contributed by atoms with Crippen LogP contribution in [0.4, 0.5) is 0 Å². The monoisotopic (exact) mass is 388 g/mol. The van der Waals surface area contributed by atoms with E-state index in [0.717, 1.165) is 44.9 Å². The van der Waals surface area contributed by atoms with Gasteiger partial charge >= 0.3 is 5.97 Å². The Morgan fingerprint density at radius 3 is 1.96 bits per heavy atom. The van der Waals surface area contributed by atoms with Crippen LogP contribution in [0.3, 0.4) is 0 Å². The fourth-order valence-electron chi connectivity index (χ4n) is 3.34. The molecule has 0 aromatic rings. The summed E-state index contributed by atoms with van der Waals surface area (Å²) in [4.78, 5) is 12.7. The van der Waals surface area contributed by atoms with Crippen molar-refractivity contribution >= 4 is 5.97 Å². The van der Waals surface area contributed by atoms with Gasteiger partial charge in [-0.05, 0) is 18.8 Å². The Morgan fingerprint density at radius 1 is 0.852 bits per heavy atom. The zero-order chi connectivity index (χ0) is 20.5. The van der Waals surface area contributed by atoms with Gasteiger partial charge in [0, 0.05) is 0 Å². The highest BCUT2D eigenvalue weighted by Gasteiger charge is 2.32. The summed E-state index contributed by atoms with van der Waals surface area (Å²) in [6.45, 7) is 5.17. The van der Waals surface area contributed by atoms with Crippen molar-refractivity contribution in [3.8, 4) is 0 Å². The summed E-state index contributed by atoms with van der Waals surface area (Å²) in [5.74, 6) is 0.138. The van der Waals surface area contributed by atoms with Gasteiger partial charge in [0.05, 0.1) is 31.2 Å². The Kier molecular flexibility index (Phi) is 15.9. The first-order chi connectivity index (χ1) is 13.0. The van der Waals surface area contributed by atoms with Crippen LogP contribution in [0, 0.1) is 17.3 Å². The maximum absolute atomic E-state index is 12.7. The first kappa shape index (κ1) is 26.4. The number of ether oxygens (including phenoxy) is 1. The van der Waals surface area contributed by atoms with E-state index in [2.05, 4.69) is 20.8 Å². The smallest absolute Gasteiger partial charge is 0.308 e. The molecule has 0 fully saturated rings. The van der Waals surface area contributed by atoms with Gasteiger partial charge in [-0.15, -0.1) is 0 Å². The second-order valence-corrected chi connectivity index (χ2v) is 8.13. The van der Waals surface area contributed by atoms with Crippen molar-refractivity contribution in [2.45, 2.75) is 91.4 Å². The maximum Gasteiger partial charge on any atom is 0.308 e. The molecule has 0 aliphatic heterocycles. The molecule has 0 heterocycles. The van der Waals surface area contributed by atoms with Crippen LogP contribution in [-0.2, 0) is 9.53 Å². The number of aliphatic hydroxyl groups excluding tert-OH is 3. The van der Waals surface area contributed by atoms with Crippen molar-refractivity contribution in [1.82, 2.24) is 0 Å². The Bertz CT molecular complexity index is 346. The van der Waals surface area contributed by atoms with E-state index in [1.807, 2.05) is 0 Å². The van der Waals surface area contributed by atoms with Crippen molar-refractivity contribution in [1.29, 1.82) is 0 Å². The normalized spacial score (nSPS) is 14.1. The SMILES string of the molecule is CCCCCCCC(CC(CC)CCCC)C(=O)OCC(CO)(CO)CO. The Balaban J connectivity index is 4.79. The number of hydrogen-bond donors (Lipinski definition) is 3. The summed E-state index contributed by atoms with van der Waals surface area (Å²) in [5.41, 5.74) is -1.16. The highest BCUT2D eigenvalue weighted by atomic mass is 16.5. The third kappa shape index (κ3) is 11.1. The third-order valence-corrected chi connectivity index (χ3v) is 5.68. The van der Waals surface area contributed by atoms with E-state index >= 15 is 0 Å². The molecule has 0 aromatic heterocycles. The minimum Gasteiger partial charge on any atom is -0.465 e. The maximum atomic E-state index is 12.7. The number of carbonyl (C=O) groups is 1. The van der Waals surface area contributed by atoms with Gasteiger partial charge in [-0.25, -0.2) is 0 Å². The minimum absolute atomic E-state index is 0.137. The molecule has 0 aromatic carbocycles. The molecule has 0 saturated carbocycles. The first-order valence-electron chi connectivity index (χ1n) is 11.0. The zero-order valence-electron chi connectivity index (χ0n) is 17.9. The van der Waals surface area contributed by atoms with Gasteiger partial charge in [0.1, 0.15) is 6.61 Å². The van der Waals surface area contributed by atoms with Gasteiger partial charge < -0.3 is 20.1 Å². The van der Waals surface area contributed by atoms with Crippen molar-refractivity contribution < 1.29 is 24.9 Å². The Hall–Kier alpha value is -0.650. The van der Waals surface area contributed by atoms with Gasteiger partial charge in [-0.3, -0.25) is 4.79 Å². The van der Waals surface area contributed by atoms with Crippen LogP contribution >= 0.6 is 0 Å². The highest BCUT2D eigenvalue weighted by molar-refractivity contribution is 5.72. The molecule has 162 valence electrons. The van der Waals surface area contributed by atoms with E-state index in [-0.39, 0.29) is 18.5 Å². The third-order valence-electron chi connectivity index (χ3n) is 5.68. The lowest BCUT2D eigenvalue weighted by molar-refractivity contribution is -0.157. The quantitative estimate of drug-likeness (QED) is 0.243. The summed E-state index contributed by atoms with van der Waals surface area (Å²) < 4.78 is 5.45. The van der Waals surface area contributed by atoms with Gasteiger partial charge in [-0.1, -0.05) is 78.6 Å². The number of rotatable bonds is 18. The van der Waals surface area contributed by atoms with Gasteiger partial charge in [0.15, 0.2) is 0 Å². The standard InChI is InChI=1S/C22H44O5/c1-4-7-9-10-11-13-20(14-19(6-3)12-8-5-2)21(26)27-18-22(15-23,16-24)17-25/h19-20,23-25H,4-18H2,1-3H3. The molecular formula is C22H44O5. The van der Waals surface area contributed by atoms with E-state index in [9.17, 15) is 20.1 Å². The fourth-order valence-corrected chi connectivity index (χ4v) is 3.34. The van der Waals surface area contributed by atoms with Crippen LogP contribution in [0.5, 0.6) is 0 Å². The minimum atomic E-state index is -1.16. The summed E-state index contributed by atoms with van der Waals surface area (Å²) in [5, 5.41) is 28.3. The van der Waals surface area contributed by atoms with E-state index in [4.69, 9.17) is 4.74 Å². The lowest BCUT2D eigenvalue weighted by atomic mass is 9.85. The van der Waals surface area contributed by atoms with Crippen LogP contribution < -0.4 is 0 Å². The van der Waals surface area contributed by atoms with Gasteiger partial charge in [-0.2, -0.15) is 0 Å². The topological polar surface area (TPSA) is 87.0 Å². The van der Waals surface area contributed by atoms with Crippen LogP contribution in [0.25, 0.3) is 0 Å². The Morgan fingerprint density at radius 2 is 1.44 bits per heavy atom. The van der Waals surface area contributed by atoms with Crippen LogP contribution in [0.2, 0.25) is 0 Å². The molecule has 0 rings (SSSR count). The second-order valence-electron chi connectivity index (χ2n) is 8.13. The van der Waals surface area contributed by atoms with Crippen LogP contribution in [-0.4, -0.2) is 47.7 Å². The van der Waals surface area contributed by atoms with Crippen LogP contribution in [0.1, 0.15) is 91.4 Å². The first-order valence-corrected chi connectivity index (χ1v) is 11.0. The van der Waals surface area contributed by atoms with Crippen molar-refractivity contribution in [3.63, 3.8) is 0 Å². The number of esters is 1. The molecule has 5 heteroatoms. The predicted molar refractivity (Wildman–Crippen MR) is 109 cm³/mol. The van der Waals surface area contributed by atoms with E-state index in [0.29, 0.717) is 5.92 Å². The van der Waals surface area contributed by atoms with Crippen molar-refractivity contribution in [2.75, 3.05) is 26.4 Å². The molecule has 0 saturated heterocycles. The number of carbonyl (C=O) groups excluding carboxylic acids is 1. The predicted octanol–water partition coefficient (Wildman–Crippen LogP) is 4.08. The molecule has 2 atom stereocenters. The molecule has 0 aliphatic rings. The molecule has 3 N–H and O–H groups in total. The molecule has 0 spiro atoms. The lowest BCUT2D eigenvalue weighted by Gasteiger charge is -2.28. The molecule has 2 unspecified atom stereocenters. The number of unbranched alkanes of at least 4 members (excludes halogenated alkanes) is 5. The second kappa shape index (κ2) is 16.3. The van der Waals surface area contributed by atoms with Gasteiger partial charge in [0.25, 0.3) is 0 Å². The molecule has 27 heavy (non-hydrogen) atoms. The molecule has 0 aliphatic carbocycles. The highest BCUT2D eigenvalue weighted by Crippen LogP contribution is 2.27. The van der Waals surface area contributed by atoms with Crippen molar-refractivity contribution in [3.05, 3.63) is 0 Å². The number of hydrogen-bond acceptors (Lipinski definition) is 5. The lowest BCUT2D eigenvalue weighted by Crippen LogP contribution is -2.40. The number of aliphatic hydroxyl groups is 3. The molecule has 5 nitrogen and oxygen atoms in total. The van der Waals surface area contributed by atoms with Gasteiger partial charge in [0.2, 0.25) is 0 Å². The largest absolute Gasteiger partial charge is 0.465 e. The van der Waals surface area contributed by atoms with Crippen molar-refractivity contribution in [2.24, 2.45) is 17.3 Å². The summed E-state index contributed by atoms with van der Waals surface area (Å²) in [6, 6.07) is 0. The average Bonchev–Trinajstić information content (AvgIpc) is 2.70. The van der Waals surface area contributed by atoms with E-state index < -0.39 is 25.2 Å². The average molecular weight is 389 g/mol. The fraction of sp³-hybridized carbons (Fsp3) is 0.955. The van der Waals surface area contributed by atoms with Crippen LogP contribution in [0.15, 0.2) is 0 Å². The molecule has 0 radical (unpaired) electrons. The van der Waals surface area contributed by atoms with E-state index in [1.54, 1.807) is 0 Å². The van der Waals surface area contributed by atoms with E-state index in [1.165, 1.54) is 25.7 Å². The summed E-state index contributed by atoms with van der Waals surface area (Å²) in [6.07, 6.45) is 12.0. The summed E-state index contributed by atoms with van der Waals surface area (Å²) in [7, 11) is 0. The zero-order valence-corrected chi connectivity index (χ0v) is 17.9. The Labute approximate surface area is 166 Å². The summed E-state index contributed by atoms with van der Waals surface area (Å²) >= 11 is 0. The molecule has 0 amide bonds. The molecular weight excluding hydrogens is 344 g/mol. The molecule has 0 bridgehead atoms.